The first-order valence-electron chi connectivity index (χ1n) is 6.91. The van der Waals surface area contributed by atoms with Crippen molar-refractivity contribution in [1.82, 2.24) is 4.72 Å². The van der Waals surface area contributed by atoms with Crippen molar-refractivity contribution in [3.63, 3.8) is 0 Å². The van der Waals surface area contributed by atoms with Crippen LogP contribution in [-0.2, 0) is 10.0 Å². The number of carboxylic acid groups (broad SMARTS) is 1. The molecule has 2 rings (SSSR count). The van der Waals surface area contributed by atoms with Crippen LogP contribution in [0.5, 0.6) is 0 Å². The number of carboxylic acids is 1. The highest BCUT2D eigenvalue weighted by atomic mass is 32.2. The first-order valence-corrected chi connectivity index (χ1v) is 8.40. The van der Waals surface area contributed by atoms with Gasteiger partial charge in [-0.3, -0.25) is 0 Å². The molecule has 6 heteroatoms. The summed E-state index contributed by atoms with van der Waals surface area (Å²) in [6.45, 7) is 1.99. The smallest absolute Gasteiger partial charge is 0.335 e. The predicted octanol–water partition coefficient (Wildman–Crippen LogP) is 2.47. The molecule has 0 aromatic heterocycles. The molecule has 1 aromatic rings. The lowest BCUT2D eigenvalue weighted by molar-refractivity contribution is 0.0696. The minimum Gasteiger partial charge on any atom is -0.478 e. The molecule has 21 heavy (non-hydrogen) atoms. The van der Waals surface area contributed by atoms with Gasteiger partial charge in [0.1, 0.15) is 0 Å². The van der Waals surface area contributed by atoms with E-state index < -0.39 is 16.0 Å². The highest BCUT2D eigenvalue weighted by Crippen LogP contribution is 2.21. The summed E-state index contributed by atoms with van der Waals surface area (Å²) >= 11 is 0. The quantitative estimate of drug-likeness (QED) is 0.791. The van der Waals surface area contributed by atoms with Gasteiger partial charge in [0.05, 0.1) is 10.5 Å². The average molecular weight is 309 g/mol. The molecule has 0 spiro atoms. The van der Waals surface area contributed by atoms with Crippen LogP contribution < -0.4 is 4.72 Å². The molecule has 1 aliphatic carbocycles. The van der Waals surface area contributed by atoms with Crippen LogP contribution in [0.1, 0.15) is 41.6 Å². The van der Waals surface area contributed by atoms with Crippen LogP contribution in [0.2, 0.25) is 0 Å². The summed E-state index contributed by atoms with van der Waals surface area (Å²) in [5.74, 6) is -1.14. The lowest BCUT2D eigenvalue weighted by Gasteiger charge is -2.10. The van der Waals surface area contributed by atoms with Crippen molar-refractivity contribution in [3.8, 4) is 0 Å². The molecular formula is C15H19NO4S. The maximum absolute atomic E-state index is 12.3. The lowest BCUT2D eigenvalue weighted by Crippen LogP contribution is -2.26. The highest BCUT2D eigenvalue weighted by Gasteiger charge is 2.18. The largest absolute Gasteiger partial charge is 0.478 e. The van der Waals surface area contributed by atoms with Crippen LogP contribution in [0, 0.1) is 6.92 Å². The van der Waals surface area contributed by atoms with Crippen LogP contribution in [0.3, 0.4) is 0 Å². The second-order valence-electron chi connectivity index (χ2n) is 5.19. The van der Waals surface area contributed by atoms with E-state index in [4.69, 9.17) is 5.11 Å². The third-order valence-electron chi connectivity index (χ3n) is 3.60. The van der Waals surface area contributed by atoms with Gasteiger partial charge in [0.25, 0.3) is 0 Å². The van der Waals surface area contributed by atoms with E-state index in [0.29, 0.717) is 18.5 Å². The number of nitrogens with one attached hydrogen (secondary N) is 1. The average Bonchev–Trinajstić information content (AvgIpc) is 2.91. The Hall–Kier alpha value is -1.66. The van der Waals surface area contributed by atoms with Crippen molar-refractivity contribution in [2.75, 3.05) is 6.54 Å². The van der Waals surface area contributed by atoms with Crippen LogP contribution >= 0.6 is 0 Å². The van der Waals surface area contributed by atoms with Crippen LogP contribution in [-0.4, -0.2) is 26.0 Å². The maximum Gasteiger partial charge on any atom is 0.335 e. The summed E-state index contributed by atoms with van der Waals surface area (Å²) < 4.78 is 27.1. The van der Waals surface area contributed by atoms with Gasteiger partial charge in [-0.1, -0.05) is 17.7 Å². The third-order valence-corrected chi connectivity index (χ3v) is 5.20. The SMILES string of the molecule is Cc1ccc(C(=O)O)cc1S(=O)(=O)NCCC1=CCCC1. The van der Waals surface area contributed by atoms with Gasteiger partial charge in [0.15, 0.2) is 0 Å². The molecule has 0 bridgehead atoms. The molecule has 0 aliphatic heterocycles. The number of aromatic carboxylic acids is 1. The van der Waals surface area contributed by atoms with Gasteiger partial charge in [0.2, 0.25) is 10.0 Å². The van der Waals surface area contributed by atoms with Crippen molar-refractivity contribution in [2.24, 2.45) is 0 Å². The van der Waals surface area contributed by atoms with E-state index in [-0.39, 0.29) is 10.5 Å². The van der Waals surface area contributed by atoms with E-state index in [1.54, 1.807) is 6.92 Å². The standard InChI is InChI=1S/C15H19NO4S/c1-11-6-7-13(15(17)18)10-14(11)21(19,20)16-9-8-12-4-2-3-5-12/h4,6-7,10,16H,2-3,5,8-9H2,1H3,(H,17,18). The zero-order valence-electron chi connectivity index (χ0n) is 11.9. The Bertz CT molecular complexity index is 677. The molecule has 1 aliphatic rings. The van der Waals surface area contributed by atoms with Crippen molar-refractivity contribution >= 4 is 16.0 Å². The monoisotopic (exact) mass is 309 g/mol. The molecular weight excluding hydrogens is 290 g/mol. The summed E-state index contributed by atoms with van der Waals surface area (Å²) in [6.07, 6.45) is 6.11. The number of hydrogen-bond donors (Lipinski definition) is 2. The molecule has 5 nitrogen and oxygen atoms in total. The van der Waals surface area contributed by atoms with Crippen LogP contribution in [0.25, 0.3) is 0 Å². The fraction of sp³-hybridized carbons (Fsp3) is 0.400. The Kier molecular flexibility index (Phi) is 4.80. The molecule has 0 saturated heterocycles. The number of sulfonamides is 1. The van der Waals surface area contributed by atoms with Gasteiger partial charge in [0, 0.05) is 6.54 Å². The Morgan fingerprint density at radius 2 is 2.14 bits per heavy atom. The zero-order valence-corrected chi connectivity index (χ0v) is 12.7. The second kappa shape index (κ2) is 6.41. The molecule has 114 valence electrons. The van der Waals surface area contributed by atoms with Crippen molar-refractivity contribution in [2.45, 2.75) is 37.5 Å². The first-order chi connectivity index (χ1) is 9.90. The number of allylic oxidation sites excluding steroid dienone is 1. The normalized spacial score (nSPS) is 15.0. The molecule has 0 atom stereocenters. The van der Waals surface area contributed by atoms with E-state index >= 15 is 0 Å². The summed E-state index contributed by atoms with van der Waals surface area (Å²) in [5, 5.41) is 8.96. The Balaban J connectivity index is 2.11. The van der Waals surface area contributed by atoms with Crippen molar-refractivity contribution in [1.29, 1.82) is 0 Å². The van der Waals surface area contributed by atoms with Gasteiger partial charge >= 0.3 is 5.97 Å². The van der Waals surface area contributed by atoms with E-state index in [1.807, 2.05) is 0 Å². The second-order valence-corrected chi connectivity index (χ2v) is 6.92. The molecule has 0 heterocycles. The van der Waals surface area contributed by atoms with Gasteiger partial charge in [-0.2, -0.15) is 0 Å². The molecule has 0 saturated carbocycles. The van der Waals surface area contributed by atoms with Crippen LogP contribution in [0.4, 0.5) is 0 Å². The zero-order chi connectivity index (χ0) is 15.5. The lowest BCUT2D eigenvalue weighted by atomic mass is 10.1. The summed E-state index contributed by atoms with van der Waals surface area (Å²) in [4.78, 5) is 11.0. The van der Waals surface area contributed by atoms with Gasteiger partial charge < -0.3 is 5.11 Å². The van der Waals surface area contributed by atoms with Crippen molar-refractivity contribution in [3.05, 3.63) is 41.0 Å². The van der Waals surface area contributed by atoms with Gasteiger partial charge in [-0.05, 0) is 50.3 Å². The van der Waals surface area contributed by atoms with E-state index in [0.717, 1.165) is 19.3 Å². The van der Waals surface area contributed by atoms with Gasteiger partial charge in [-0.15, -0.1) is 0 Å². The van der Waals surface area contributed by atoms with E-state index in [9.17, 15) is 13.2 Å². The first kappa shape index (κ1) is 15.7. The molecule has 0 radical (unpaired) electrons. The molecule has 2 N–H and O–H groups in total. The Labute approximate surface area is 124 Å². The fourth-order valence-corrected chi connectivity index (χ4v) is 3.71. The fourth-order valence-electron chi connectivity index (χ4n) is 2.41. The van der Waals surface area contributed by atoms with Gasteiger partial charge in [-0.25, -0.2) is 17.9 Å². The topological polar surface area (TPSA) is 83.5 Å². The predicted molar refractivity (Wildman–Crippen MR) is 79.9 cm³/mol. The molecule has 1 aromatic carbocycles. The van der Waals surface area contributed by atoms with Crippen LogP contribution in [0.15, 0.2) is 34.7 Å². The summed E-state index contributed by atoms with van der Waals surface area (Å²) in [7, 11) is -3.68. The molecule has 0 fully saturated rings. The summed E-state index contributed by atoms with van der Waals surface area (Å²) in [6, 6.07) is 4.12. The minimum atomic E-state index is -3.68. The minimum absolute atomic E-state index is 0.0283. The highest BCUT2D eigenvalue weighted by molar-refractivity contribution is 7.89. The van der Waals surface area contributed by atoms with E-state index in [1.165, 1.54) is 23.8 Å². The number of benzene rings is 1. The Morgan fingerprint density at radius 1 is 1.38 bits per heavy atom. The number of rotatable bonds is 6. The number of aryl methyl sites for hydroxylation is 1. The van der Waals surface area contributed by atoms with E-state index in [2.05, 4.69) is 10.8 Å². The Morgan fingerprint density at radius 3 is 2.76 bits per heavy atom. The number of hydrogen-bond acceptors (Lipinski definition) is 3. The van der Waals surface area contributed by atoms with Crippen molar-refractivity contribution < 1.29 is 18.3 Å². The maximum atomic E-state index is 12.3. The molecule has 0 unspecified atom stereocenters. The number of carbonyl (C=O) groups is 1. The third kappa shape index (κ3) is 3.92. The summed E-state index contributed by atoms with van der Waals surface area (Å²) in [5.41, 5.74) is 1.79. The molecule has 0 amide bonds.